The van der Waals surface area contributed by atoms with Gasteiger partial charge in [-0.1, -0.05) is 0 Å². The summed E-state index contributed by atoms with van der Waals surface area (Å²) in [5, 5.41) is 0. The molecule has 0 saturated carbocycles. The van der Waals surface area contributed by atoms with Crippen molar-refractivity contribution in [3.05, 3.63) is 35.4 Å². The number of carbonyl (C=O) groups excluding carboxylic acids is 1. The van der Waals surface area contributed by atoms with Crippen molar-refractivity contribution in [2.75, 3.05) is 40.4 Å². The lowest BCUT2D eigenvalue weighted by atomic mass is 10.0. The molecule has 1 fully saturated rings. The van der Waals surface area contributed by atoms with Gasteiger partial charge >= 0.3 is 0 Å². The Morgan fingerprint density at radius 1 is 1.32 bits per heavy atom. The van der Waals surface area contributed by atoms with E-state index < -0.39 is 17.2 Å². The minimum Gasteiger partial charge on any atom is -0.369 e. The highest BCUT2D eigenvalue weighted by Crippen LogP contribution is 2.23. The summed E-state index contributed by atoms with van der Waals surface area (Å²) in [6.45, 7) is 5.84. The molecular weight excluding hydrogens is 330 g/mol. The number of nitrogens with zero attached hydrogens (tertiary/aromatic N) is 2. The highest BCUT2D eigenvalue weighted by Gasteiger charge is 2.33. The zero-order chi connectivity index (χ0) is 18.6. The lowest BCUT2D eigenvalue weighted by Gasteiger charge is -2.42. The van der Waals surface area contributed by atoms with E-state index in [-0.39, 0.29) is 25.2 Å². The molecule has 7 heteroatoms. The number of ether oxygens (including phenoxy) is 2. The number of benzene rings is 1. The minimum absolute atomic E-state index is 0.00238. The van der Waals surface area contributed by atoms with Crippen molar-refractivity contribution >= 4 is 5.91 Å². The molecule has 1 atom stereocenters. The van der Waals surface area contributed by atoms with Crippen LogP contribution in [0.4, 0.5) is 8.78 Å². The van der Waals surface area contributed by atoms with Gasteiger partial charge in [0.25, 0.3) is 0 Å². The third kappa shape index (κ3) is 6.34. The lowest BCUT2D eigenvalue weighted by molar-refractivity contribution is -0.161. The molecule has 1 aromatic carbocycles. The van der Waals surface area contributed by atoms with Gasteiger partial charge in [0.1, 0.15) is 18.2 Å². The van der Waals surface area contributed by atoms with Crippen molar-refractivity contribution in [1.29, 1.82) is 0 Å². The SMILES string of the molecule is CN(C)C(=O)COC[C@H]1CN(Cc2cc(F)cc(F)c2)CC(C)(C)O1. The van der Waals surface area contributed by atoms with E-state index in [0.29, 0.717) is 25.2 Å². The second kappa shape index (κ2) is 8.21. The van der Waals surface area contributed by atoms with Gasteiger partial charge in [0.05, 0.1) is 18.3 Å². The molecule has 1 amide bonds. The second-order valence-electron chi connectivity index (χ2n) is 7.25. The topological polar surface area (TPSA) is 42.0 Å². The number of hydrogen-bond acceptors (Lipinski definition) is 4. The molecule has 1 saturated heterocycles. The summed E-state index contributed by atoms with van der Waals surface area (Å²) in [5.41, 5.74) is 0.168. The lowest BCUT2D eigenvalue weighted by Crippen LogP contribution is -2.53. The quantitative estimate of drug-likeness (QED) is 0.782. The Morgan fingerprint density at radius 2 is 1.96 bits per heavy atom. The molecule has 0 unspecified atom stereocenters. The fourth-order valence-corrected chi connectivity index (χ4v) is 2.99. The van der Waals surface area contributed by atoms with Crippen LogP contribution in [0.25, 0.3) is 0 Å². The molecule has 1 aliphatic rings. The Balaban J connectivity index is 1.94. The van der Waals surface area contributed by atoms with Crippen molar-refractivity contribution < 1.29 is 23.0 Å². The van der Waals surface area contributed by atoms with Gasteiger partial charge in [0, 0.05) is 39.8 Å². The highest BCUT2D eigenvalue weighted by atomic mass is 19.1. The van der Waals surface area contributed by atoms with Gasteiger partial charge in [-0.3, -0.25) is 9.69 Å². The van der Waals surface area contributed by atoms with Crippen molar-refractivity contribution in [1.82, 2.24) is 9.80 Å². The standard InChI is InChI=1S/C18H26F2N2O3/c1-18(2)12-22(8-13-5-14(19)7-15(20)6-13)9-16(25-18)10-24-11-17(23)21(3)4/h5-7,16H,8-12H2,1-4H3/t16-/m1/s1. The Kier molecular flexibility index (Phi) is 6.48. The van der Waals surface area contributed by atoms with Crippen molar-refractivity contribution in [3.63, 3.8) is 0 Å². The van der Waals surface area contributed by atoms with Gasteiger partial charge in [-0.2, -0.15) is 0 Å². The van der Waals surface area contributed by atoms with Crippen LogP contribution in [0.5, 0.6) is 0 Å². The zero-order valence-electron chi connectivity index (χ0n) is 15.2. The number of rotatable bonds is 6. The van der Waals surface area contributed by atoms with Gasteiger partial charge in [0.2, 0.25) is 5.91 Å². The van der Waals surface area contributed by atoms with Gasteiger partial charge in [-0.05, 0) is 31.5 Å². The van der Waals surface area contributed by atoms with Crippen molar-refractivity contribution in [2.45, 2.75) is 32.1 Å². The summed E-state index contributed by atoms with van der Waals surface area (Å²) in [5.74, 6) is -1.27. The number of likely N-dealkylation sites (N-methyl/N-ethyl adjacent to an activating group) is 1. The molecule has 25 heavy (non-hydrogen) atoms. The largest absolute Gasteiger partial charge is 0.369 e. The van der Waals surface area contributed by atoms with E-state index >= 15 is 0 Å². The summed E-state index contributed by atoms with van der Waals surface area (Å²) < 4.78 is 38.2. The summed E-state index contributed by atoms with van der Waals surface area (Å²) in [4.78, 5) is 15.1. The molecular formula is C18H26F2N2O3. The van der Waals surface area contributed by atoms with Crippen LogP contribution in [0, 0.1) is 11.6 Å². The number of hydrogen-bond donors (Lipinski definition) is 0. The average molecular weight is 356 g/mol. The highest BCUT2D eigenvalue weighted by molar-refractivity contribution is 5.76. The fraction of sp³-hybridized carbons (Fsp3) is 0.611. The molecule has 2 rings (SSSR count). The maximum Gasteiger partial charge on any atom is 0.248 e. The molecule has 5 nitrogen and oxygen atoms in total. The molecule has 1 aromatic rings. The normalized spacial score (nSPS) is 20.5. The number of amides is 1. The van der Waals surface area contributed by atoms with Gasteiger partial charge in [-0.15, -0.1) is 0 Å². The maximum absolute atomic E-state index is 13.4. The number of morpholine rings is 1. The first-order chi connectivity index (χ1) is 11.6. The Morgan fingerprint density at radius 3 is 2.56 bits per heavy atom. The van der Waals surface area contributed by atoms with Crippen LogP contribution in [0.15, 0.2) is 18.2 Å². The van der Waals surface area contributed by atoms with Crippen molar-refractivity contribution in [2.24, 2.45) is 0 Å². The van der Waals surface area contributed by atoms with Gasteiger partial charge in [0.15, 0.2) is 0 Å². The molecule has 0 spiro atoms. The van der Waals surface area contributed by atoms with E-state index in [1.165, 1.54) is 17.0 Å². The predicted molar refractivity (Wildman–Crippen MR) is 90.1 cm³/mol. The molecule has 1 heterocycles. The molecule has 0 N–H and O–H groups in total. The zero-order valence-corrected chi connectivity index (χ0v) is 15.2. The molecule has 1 aliphatic heterocycles. The first kappa shape index (κ1) is 19.8. The molecule has 0 radical (unpaired) electrons. The maximum atomic E-state index is 13.4. The summed E-state index contributed by atoms with van der Waals surface area (Å²) >= 11 is 0. The van der Waals surface area contributed by atoms with Crippen LogP contribution in [0.2, 0.25) is 0 Å². The first-order valence-electron chi connectivity index (χ1n) is 8.28. The first-order valence-corrected chi connectivity index (χ1v) is 8.28. The van der Waals surface area contributed by atoms with Gasteiger partial charge < -0.3 is 14.4 Å². The summed E-state index contributed by atoms with van der Waals surface area (Å²) in [6.07, 6.45) is -0.211. The smallest absolute Gasteiger partial charge is 0.248 e. The van der Waals surface area contributed by atoms with E-state index in [0.717, 1.165) is 6.07 Å². The summed E-state index contributed by atoms with van der Waals surface area (Å²) in [6, 6.07) is 3.55. The Hall–Kier alpha value is -1.57. The number of carbonyl (C=O) groups is 1. The molecule has 0 bridgehead atoms. The fourth-order valence-electron chi connectivity index (χ4n) is 2.99. The Labute approximate surface area is 147 Å². The minimum atomic E-state index is -0.579. The van der Waals surface area contributed by atoms with Crippen LogP contribution in [0.3, 0.4) is 0 Å². The van der Waals surface area contributed by atoms with E-state index in [9.17, 15) is 13.6 Å². The predicted octanol–water partition coefficient (Wildman–Crippen LogP) is 2.05. The molecule has 0 aliphatic carbocycles. The molecule has 0 aromatic heterocycles. The third-order valence-electron chi connectivity index (χ3n) is 3.91. The molecule has 140 valence electrons. The van der Waals surface area contributed by atoms with Crippen LogP contribution in [0.1, 0.15) is 19.4 Å². The van der Waals surface area contributed by atoms with Gasteiger partial charge in [-0.25, -0.2) is 8.78 Å². The van der Waals surface area contributed by atoms with E-state index in [4.69, 9.17) is 9.47 Å². The monoisotopic (exact) mass is 356 g/mol. The van der Waals surface area contributed by atoms with Crippen LogP contribution < -0.4 is 0 Å². The van der Waals surface area contributed by atoms with E-state index in [1.54, 1.807) is 14.1 Å². The van der Waals surface area contributed by atoms with Crippen LogP contribution in [-0.2, 0) is 20.8 Å². The van der Waals surface area contributed by atoms with E-state index in [2.05, 4.69) is 4.90 Å². The second-order valence-corrected chi connectivity index (χ2v) is 7.25. The van der Waals surface area contributed by atoms with Crippen LogP contribution >= 0.6 is 0 Å². The summed E-state index contributed by atoms with van der Waals surface area (Å²) in [7, 11) is 3.34. The Bertz CT molecular complexity index is 588. The third-order valence-corrected chi connectivity index (χ3v) is 3.91. The van der Waals surface area contributed by atoms with E-state index in [1.807, 2.05) is 13.8 Å². The van der Waals surface area contributed by atoms with Crippen molar-refractivity contribution in [3.8, 4) is 0 Å². The van der Waals surface area contributed by atoms with Crippen LogP contribution in [-0.4, -0.2) is 67.8 Å². The average Bonchev–Trinajstić information content (AvgIpc) is 2.44. The number of halogens is 2.